The van der Waals surface area contributed by atoms with Gasteiger partial charge in [0, 0.05) is 0 Å². The van der Waals surface area contributed by atoms with Gasteiger partial charge in [-0.1, -0.05) is 6.92 Å². The fourth-order valence-corrected chi connectivity index (χ4v) is 1.46. The van der Waals surface area contributed by atoms with E-state index in [4.69, 9.17) is 9.47 Å². The van der Waals surface area contributed by atoms with Crippen molar-refractivity contribution >= 4 is 0 Å². The van der Waals surface area contributed by atoms with Crippen molar-refractivity contribution in [2.45, 2.75) is 27.2 Å². The lowest BCUT2D eigenvalue weighted by Gasteiger charge is -2.12. The van der Waals surface area contributed by atoms with E-state index in [1.54, 1.807) is 7.11 Å². The first-order valence-electron chi connectivity index (χ1n) is 4.97. The van der Waals surface area contributed by atoms with Crippen LogP contribution in [0.1, 0.15) is 24.5 Å². The summed E-state index contributed by atoms with van der Waals surface area (Å²) in [5.74, 6) is 1.89. The number of hydrogen-bond donors (Lipinski definition) is 0. The first-order chi connectivity index (χ1) is 6.69. The topological polar surface area (TPSA) is 18.5 Å². The van der Waals surface area contributed by atoms with Crippen molar-refractivity contribution in [3.63, 3.8) is 0 Å². The molecule has 0 aliphatic rings. The highest BCUT2D eigenvalue weighted by molar-refractivity contribution is 5.45. The van der Waals surface area contributed by atoms with Gasteiger partial charge in [-0.2, -0.15) is 0 Å². The summed E-state index contributed by atoms with van der Waals surface area (Å²) in [5, 5.41) is 0. The van der Waals surface area contributed by atoms with Crippen LogP contribution in [0.3, 0.4) is 0 Å². The molecule has 2 nitrogen and oxygen atoms in total. The van der Waals surface area contributed by atoms with Crippen molar-refractivity contribution in [2.24, 2.45) is 0 Å². The Balaban J connectivity index is 2.93. The van der Waals surface area contributed by atoms with E-state index in [1.165, 1.54) is 0 Å². The molecule has 0 aliphatic carbocycles. The largest absolute Gasteiger partial charge is 0.497 e. The van der Waals surface area contributed by atoms with E-state index in [0.29, 0.717) is 0 Å². The molecular weight excluding hydrogens is 176 g/mol. The number of aryl methyl sites for hydroxylation is 2. The van der Waals surface area contributed by atoms with Crippen LogP contribution in [-0.2, 0) is 0 Å². The van der Waals surface area contributed by atoms with Crippen LogP contribution in [0.15, 0.2) is 12.1 Å². The number of benzene rings is 1. The van der Waals surface area contributed by atoms with Crippen molar-refractivity contribution in [3.05, 3.63) is 23.3 Å². The van der Waals surface area contributed by atoms with E-state index in [-0.39, 0.29) is 0 Å². The maximum atomic E-state index is 5.66. The molecule has 78 valence electrons. The third-order valence-electron chi connectivity index (χ3n) is 2.12. The highest BCUT2D eigenvalue weighted by atomic mass is 16.5. The summed E-state index contributed by atoms with van der Waals surface area (Å²) in [4.78, 5) is 0. The van der Waals surface area contributed by atoms with Gasteiger partial charge in [-0.25, -0.2) is 0 Å². The van der Waals surface area contributed by atoms with Crippen LogP contribution in [0.4, 0.5) is 0 Å². The number of methoxy groups -OCH3 is 1. The molecule has 0 atom stereocenters. The van der Waals surface area contributed by atoms with Gasteiger partial charge in [0.15, 0.2) is 0 Å². The Kier molecular flexibility index (Phi) is 3.81. The van der Waals surface area contributed by atoms with E-state index < -0.39 is 0 Å². The minimum atomic E-state index is 0.772. The molecule has 1 aromatic carbocycles. The minimum absolute atomic E-state index is 0.772. The van der Waals surface area contributed by atoms with Crippen LogP contribution in [-0.4, -0.2) is 13.7 Å². The van der Waals surface area contributed by atoms with Gasteiger partial charge in [-0.05, 0) is 43.5 Å². The van der Waals surface area contributed by atoms with Gasteiger partial charge in [-0.3, -0.25) is 0 Å². The highest BCUT2D eigenvalue weighted by Crippen LogP contribution is 2.28. The average molecular weight is 194 g/mol. The Hall–Kier alpha value is -1.18. The molecule has 0 heterocycles. The van der Waals surface area contributed by atoms with Crippen LogP contribution in [0.2, 0.25) is 0 Å². The second-order valence-corrected chi connectivity index (χ2v) is 3.44. The molecular formula is C12H18O2. The zero-order valence-corrected chi connectivity index (χ0v) is 9.39. The zero-order chi connectivity index (χ0) is 10.6. The normalized spacial score (nSPS) is 10.0. The van der Waals surface area contributed by atoms with E-state index in [2.05, 4.69) is 6.92 Å². The first-order valence-corrected chi connectivity index (χ1v) is 4.97. The maximum absolute atomic E-state index is 5.66. The van der Waals surface area contributed by atoms with Crippen molar-refractivity contribution in [3.8, 4) is 11.5 Å². The van der Waals surface area contributed by atoms with Crippen molar-refractivity contribution < 1.29 is 9.47 Å². The van der Waals surface area contributed by atoms with Gasteiger partial charge in [0.25, 0.3) is 0 Å². The Bertz CT molecular complexity index is 282. The lowest BCUT2D eigenvalue weighted by Crippen LogP contribution is -1.99. The van der Waals surface area contributed by atoms with Crippen LogP contribution in [0.25, 0.3) is 0 Å². The van der Waals surface area contributed by atoms with E-state index in [1.807, 2.05) is 26.0 Å². The SMILES string of the molecule is CCCOc1c(C)cc(OC)cc1C. The summed E-state index contributed by atoms with van der Waals surface area (Å²) >= 11 is 0. The Morgan fingerprint density at radius 1 is 1.14 bits per heavy atom. The second-order valence-electron chi connectivity index (χ2n) is 3.44. The Morgan fingerprint density at radius 3 is 2.14 bits per heavy atom. The van der Waals surface area contributed by atoms with E-state index in [9.17, 15) is 0 Å². The summed E-state index contributed by atoms with van der Waals surface area (Å²) in [6.45, 7) is 6.96. The van der Waals surface area contributed by atoms with E-state index >= 15 is 0 Å². The molecule has 0 fully saturated rings. The molecule has 14 heavy (non-hydrogen) atoms. The Morgan fingerprint density at radius 2 is 1.71 bits per heavy atom. The molecule has 0 spiro atoms. The molecule has 0 aromatic heterocycles. The molecule has 0 unspecified atom stereocenters. The molecule has 0 bridgehead atoms. The summed E-state index contributed by atoms with van der Waals surface area (Å²) in [7, 11) is 1.68. The fraction of sp³-hybridized carbons (Fsp3) is 0.500. The molecule has 1 aromatic rings. The van der Waals surface area contributed by atoms with Crippen LogP contribution in [0, 0.1) is 13.8 Å². The van der Waals surface area contributed by atoms with Gasteiger partial charge in [0.2, 0.25) is 0 Å². The summed E-state index contributed by atoms with van der Waals surface area (Å²) in [6.07, 6.45) is 1.03. The third-order valence-corrected chi connectivity index (χ3v) is 2.12. The van der Waals surface area contributed by atoms with Gasteiger partial charge in [0.05, 0.1) is 13.7 Å². The van der Waals surface area contributed by atoms with Crippen molar-refractivity contribution in [2.75, 3.05) is 13.7 Å². The number of rotatable bonds is 4. The summed E-state index contributed by atoms with van der Waals surface area (Å²) in [6, 6.07) is 4.00. The standard InChI is InChI=1S/C12H18O2/c1-5-6-14-12-9(2)7-11(13-4)8-10(12)3/h7-8H,5-6H2,1-4H3. The van der Waals surface area contributed by atoms with Gasteiger partial charge < -0.3 is 9.47 Å². The molecule has 0 saturated heterocycles. The average Bonchev–Trinajstić information content (AvgIpc) is 2.16. The summed E-state index contributed by atoms with van der Waals surface area (Å²) < 4.78 is 10.8. The van der Waals surface area contributed by atoms with Crippen LogP contribution < -0.4 is 9.47 Å². The van der Waals surface area contributed by atoms with Gasteiger partial charge >= 0.3 is 0 Å². The molecule has 0 N–H and O–H groups in total. The molecule has 0 saturated carbocycles. The van der Waals surface area contributed by atoms with Crippen LogP contribution >= 0.6 is 0 Å². The predicted octanol–water partition coefficient (Wildman–Crippen LogP) is 3.10. The molecule has 2 heteroatoms. The second kappa shape index (κ2) is 4.89. The lowest BCUT2D eigenvalue weighted by molar-refractivity contribution is 0.312. The van der Waals surface area contributed by atoms with Gasteiger partial charge in [-0.15, -0.1) is 0 Å². The molecule has 1 rings (SSSR count). The summed E-state index contributed by atoms with van der Waals surface area (Å²) in [5.41, 5.74) is 2.27. The zero-order valence-electron chi connectivity index (χ0n) is 9.39. The molecule has 0 amide bonds. The third kappa shape index (κ3) is 2.41. The van der Waals surface area contributed by atoms with Crippen LogP contribution in [0.5, 0.6) is 11.5 Å². The molecule has 0 radical (unpaired) electrons. The minimum Gasteiger partial charge on any atom is -0.497 e. The van der Waals surface area contributed by atoms with Crippen molar-refractivity contribution in [1.82, 2.24) is 0 Å². The lowest BCUT2D eigenvalue weighted by atomic mass is 10.1. The Labute approximate surface area is 85.8 Å². The quantitative estimate of drug-likeness (QED) is 0.733. The number of hydrogen-bond acceptors (Lipinski definition) is 2. The first kappa shape index (κ1) is 10.9. The smallest absolute Gasteiger partial charge is 0.125 e. The maximum Gasteiger partial charge on any atom is 0.125 e. The highest BCUT2D eigenvalue weighted by Gasteiger charge is 2.05. The van der Waals surface area contributed by atoms with Crippen molar-refractivity contribution in [1.29, 1.82) is 0 Å². The fourth-order valence-electron chi connectivity index (χ4n) is 1.46. The van der Waals surface area contributed by atoms with E-state index in [0.717, 1.165) is 35.7 Å². The number of ether oxygens (including phenoxy) is 2. The molecule has 0 aliphatic heterocycles. The monoisotopic (exact) mass is 194 g/mol. The van der Waals surface area contributed by atoms with Gasteiger partial charge in [0.1, 0.15) is 11.5 Å². The predicted molar refractivity (Wildman–Crippen MR) is 58.3 cm³/mol.